The summed E-state index contributed by atoms with van der Waals surface area (Å²) in [6.45, 7) is 0.0462. The maximum absolute atomic E-state index is 11.0. The van der Waals surface area contributed by atoms with Crippen LogP contribution in [-0.4, -0.2) is 29.2 Å². The quantitative estimate of drug-likeness (QED) is 0.570. The molecule has 3 N–H and O–H groups in total. The summed E-state index contributed by atoms with van der Waals surface area (Å²) in [6, 6.07) is 4.85. The fourth-order valence-electron chi connectivity index (χ4n) is 2.79. The van der Waals surface area contributed by atoms with Crippen LogP contribution in [0.5, 0.6) is 0 Å². The van der Waals surface area contributed by atoms with Crippen molar-refractivity contribution in [1.29, 1.82) is 0 Å². The highest BCUT2D eigenvalue weighted by Crippen LogP contribution is 2.33. The lowest BCUT2D eigenvalue weighted by Gasteiger charge is -2.37. The molecule has 1 saturated carbocycles. The topological polar surface area (TPSA) is 87.4 Å². The van der Waals surface area contributed by atoms with Gasteiger partial charge in [-0.15, -0.1) is 0 Å². The fourth-order valence-corrected chi connectivity index (χ4v) is 2.79. The standard InChI is InChI=1S/C14H21N3O3/c1-15-11-7-12(9-13(8-11)17(19)20)16-14(10-18)5-3-2-4-6-14/h7-9,15-16,18H,2-6,10H2,1H3. The van der Waals surface area contributed by atoms with Crippen molar-refractivity contribution >= 4 is 17.1 Å². The number of hydrogen-bond donors (Lipinski definition) is 3. The van der Waals surface area contributed by atoms with E-state index in [0.717, 1.165) is 25.7 Å². The molecule has 0 amide bonds. The number of nitrogens with zero attached hydrogens (tertiary/aromatic N) is 1. The van der Waals surface area contributed by atoms with Crippen LogP contribution in [0.15, 0.2) is 18.2 Å². The molecule has 1 aromatic carbocycles. The molecule has 1 aliphatic rings. The number of hydrogen-bond acceptors (Lipinski definition) is 5. The molecule has 0 heterocycles. The monoisotopic (exact) mass is 279 g/mol. The van der Waals surface area contributed by atoms with Crippen molar-refractivity contribution in [3.05, 3.63) is 28.3 Å². The summed E-state index contributed by atoms with van der Waals surface area (Å²) >= 11 is 0. The number of nitro groups is 1. The number of anilines is 2. The molecule has 1 fully saturated rings. The minimum atomic E-state index is -0.404. The number of nitro benzene ring substituents is 1. The van der Waals surface area contributed by atoms with Crippen molar-refractivity contribution in [1.82, 2.24) is 0 Å². The summed E-state index contributed by atoms with van der Waals surface area (Å²) in [6.07, 6.45) is 5.10. The molecule has 0 aliphatic heterocycles. The first-order valence-electron chi connectivity index (χ1n) is 6.95. The lowest BCUT2D eigenvalue weighted by atomic mass is 9.82. The van der Waals surface area contributed by atoms with E-state index in [4.69, 9.17) is 0 Å². The van der Waals surface area contributed by atoms with E-state index in [1.165, 1.54) is 18.6 Å². The molecule has 0 aromatic heterocycles. The van der Waals surface area contributed by atoms with Gasteiger partial charge in [0.2, 0.25) is 0 Å². The predicted octanol–water partition coefficient (Wildman–Crippen LogP) is 2.74. The van der Waals surface area contributed by atoms with Gasteiger partial charge in [0.05, 0.1) is 17.1 Å². The molecule has 6 heteroatoms. The van der Waals surface area contributed by atoms with Crippen molar-refractivity contribution in [2.45, 2.75) is 37.6 Å². The van der Waals surface area contributed by atoms with E-state index < -0.39 is 4.92 Å². The Morgan fingerprint density at radius 2 is 1.90 bits per heavy atom. The van der Waals surface area contributed by atoms with Crippen molar-refractivity contribution in [2.75, 3.05) is 24.3 Å². The average molecular weight is 279 g/mol. The highest BCUT2D eigenvalue weighted by Gasteiger charge is 2.31. The third-order valence-corrected chi connectivity index (χ3v) is 3.94. The second-order valence-corrected chi connectivity index (χ2v) is 5.40. The van der Waals surface area contributed by atoms with Gasteiger partial charge in [0.15, 0.2) is 0 Å². The molecule has 20 heavy (non-hydrogen) atoms. The second-order valence-electron chi connectivity index (χ2n) is 5.40. The van der Waals surface area contributed by atoms with E-state index in [-0.39, 0.29) is 17.8 Å². The summed E-state index contributed by atoms with van der Waals surface area (Å²) in [5.74, 6) is 0. The summed E-state index contributed by atoms with van der Waals surface area (Å²) in [4.78, 5) is 10.6. The van der Waals surface area contributed by atoms with Crippen LogP contribution in [0.4, 0.5) is 17.1 Å². The Kier molecular flexibility index (Phi) is 4.44. The van der Waals surface area contributed by atoms with Crippen LogP contribution in [0.2, 0.25) is 0 Å². The molecular formula is C14H21N3O3. The molecule has 0 bridgehead atoms. The second kappa shape index (κ2) is 6.09. The van der Waals surface area contributed by atoms with Gasteiger partial charge in [0, 0.05) is 30.6 Å². The summed E-state index contributed by atoms with van der Waals surface area (Å²) in [5.41, 5.74) is 1.06. The predicted molar refractivity (Wildman–Crippen MR) is 79.2 cm³/mol. The average Bonchev–Trinajstić information content (AvgIpc) is 2.47. The summed E-state index contributed by atoms with van der Waals surface area (Å²) in [5, 5.41) is 26.9. The zero-order valence-corrected chi connectivity index (χ0v) is 11.7. The minimum Gasteiger partial charge on any atom is -0.394 e. The van der Waals surface area contributed by atoms with Crippen LogP contribution < -0.4 is 10.6 Å². The number of aliphatic hydroxyl groups excluding tert-OH is 1. The van der Waals surface area contributed by atoms with Gasteiger partial charge in [-0.1, -0.05) is 19.3 Å². The van der Waals surface area contributed by atoms with Crippen LogP contribution in [0.1, 0.15) is 32.1 Å². The van der Waals surface area contributed by atoms with Crippen LogP contribution >= 0.6 is 0 Å². The smallest absolute Gasteiger partial charge is 0.273 e. The van der Waals surface area contributed by atoms with E-state index in [0.29, 0.717) is 11.4 Å². The largest absolute Gasteiger partial charge is 0.394 e. The Labute approximate surface area is 118 Å². The first-order valence-corrected chi connectivity index (χ1v) is 6.95. The Morgan fingerprint density at radius 3 is 2.45 bits per heavy atom. The minimum absolute atomic E-state index is 0.0447. The SMILES string of the molecule is CNc1cc(NC2(CO)CCCCC2)cc([N+](=O)[O-])c1. The normalized spacial score (nSPS) is 17.5. The van der Waals surface area contributed by atoms with Crippen LogP contribution in [0, 0.1) is 10.1 Å². The first-order chi connectivity index (χ1) is 9.58. The Balaban J connectivity index is 2.27. The van der Waals surface area contributed by atoms with Crippen LogP contribution in [0.25, 0.3) is 0 Å². The van der Waals surface area contributed by atoms with Gasteiger partial charge in [-0.3, -0.25) is 10.1 Å². The third kappa shape index (κ3) is 3.19. The molecule has 0 unspecified atom stereocenters. The number of benzene rings is 1. The molecule has 6 nitrogen and oxygen atoms in total. The number of aliphatic hydroxyl groups is 1. The zero-order chi connectivity index (χ0) is 14.6. The van der Waals surface area contributed by atoms with Gasteiger partial charge in [0.25, 0.3) is 5.69 Å². The van der Waals surface area contributed by atoms with Gasteiger partial charge in [-0.2, -0.15) is 0 Å². The molecular weight excluding hydrogens is 258 g/mol. The van der Waals surface area contributed by atoms with Gasteiger partial charge < -0.3 is 15.7 Å². The highest BCUT2D eigenvalue weighted by atomic mass is 16.6. The maximum Gasteiger partial charge on any atom is 0.273 e. The molecule has 1 aromatic rings. The first kappa shape index (κ1) is 14.6. The fraction of sp³-hybridized carbons (Fsp3) is 0.571. The van der Waals surface area contributed by atoms with E-state index >= 15 is 0 Å². The lowest BCUT2D eigenvalue weighted by Crippen LogP contribution is -2.43. The zero-order valence-electron chi connectivity index (χ0n) is 11.7. The maximum atomic E-state index is 11.0. The van der Waals surface area contributed by atoms with E-state index in [2.05, 4.69) is 10.6 Å². The van der Waals surface area contributed by atoms with Crippen molar-refractivity contribution in [3.8, 4) is 0 Å². The third-order valence-electron chi connectivity index (χ3n) is 3.94. The van der Waals surface area contributed by atoms with Crippen LogP contribution in [-0.2, 0) is 0 Å². The van der Waals surface area contributed by atoms with Gasteiger partial charge in [-0.25, -0.2) is 0 Å². The number of non-ortho nitro benzene ring substituents is 1. The molecule has 0 radical (unpaired) electrons. The van der Waals surface area contributed by atoms with Crippen molar-refractivity contribution < 1.29 is 10.0 Å². The van der Waals surface area contributed by atoms with E-state index in [1.807, 2.05) is 6.07 Å². The molecule has 0 saturated heterocycles. The molecule has 0 spiro atoms. The molecule has 0 atom stereocenters. The number of nitrogens with one attached hydrogen (secondary N) is 2. The highest BCUT2D eigenvalue weighted by molar-refractivity contribution is 5.64. The Bertz CT molecular complexity index is 485. The molecule has 2 rings (SSSR count). The van der Waals surface area contributed by atoms with Crippen molar-refractivity contribution in [2.24, 2.45) is 0 Å². The van der Waals surface area contributed by atoms with Gasteiger partial charge in [-0.05, 0) is 18.9 Å². The van der Waals surface area contributed by atoms with Crippen molar-refractivity contribution in [3.63, 3.8) is 0 Å². The number of rotatable bonds is 5. The molecule has 110 valence electrons. The van der Waals surface area contributed by atoms with Gasteiger partial charge in [0.1, 0.15) is 0 Å². The molecule has 1 aliphatic carbocycles. The lowest BCUT2D eigenvalue weighted by molar-refractivity contribution is -0.384. The Morgan fingerprint density at radius 1 is 1.25 bits per heavy atom. The van der Waals surface area contributed by atoms with Gasteiger partial charge >= 0.3 is 0 Å². The summed E-state index contributed by atoms with van der Waals surface area (Å²) in [7, 11) is 1.73. The van der Waals surface area contributed by atoms with E-state index in [9.17, 15) is 15.2 Å². The van der Waals surface area contributed by atoms with E-state index in [1.54, 1.807) is 7.05 Å². The Hall–Kier alpha value is -1.82. The van der Waals surface area contributed by atoms with Crippen LogP contribution in [0.3, 0.4) is 0 Å². The summed E-state index contributed by atoms with van der Waals surface area (Å²) < 4.78 is 0.